The number of aromatic nitrogens is 2. The number of hydrogen-bond donors (Lipinski definition) is 1. The summed E-state index contributed by atoms with van der Waals surface area (Å²) in [5, 5.41) is 3.60. The van der Waals surface area contributed by atoms with Gasteiger partial charge in [0.1, 0.15) is 0 Å². The highest BCUT2D eigenvalue weighted by Gasteiger charge is 2.14. The third-order valence-corrected chi connectivity index (χ3v) is 5.98. The molecular weight excluding hydrogens is 464 g/mol. The van der Waals surface area contributed by atoms with Crippen molar-refractivity contribution in [2.45, 2.75) is 19.0 Å². The van der Waals surface area contributed by atoms with Crippen LogP contribution in [0, 0.1) is 0 Å². The fourth-order valence-corrected chi connectivity index (χ4v) is 3.98. The van der Waals surface area contributed by atoms with E-state index in [0.29, 0.717) is 24.3 Å². The molecule has 30 heavy (non-hydrogen) atoms. The predicted octanol–water partition coefficient (Wildman–Crippen LogP) is 4.85. The normalized spacial score (nSPS) is 10.6. The average molecular weight is 487 g/mol. The summed E-state index contributed by atoms with van der Waals surface area (Å²) in [6, 6.07) is 14.9. The Morgan fingerprint density at radius 1 is 1.13 bits per heavy atom. The van der Waals surface area contributed by atoms with Gasteiger partial charge in [-0.25, -0.2) is 4.98 Å². The van der Waals surface area contributed by atoms with Crippen LogP contribution in [0.15, 0.2) is 70.6 Å². The average Bonchev–Trinajstić information content (AvgIpc) is 3.22. The Bertz CT molecular complexity index is 1020. The molecule has 0 radical (unpaired) electrons. The molecular formula is C22H23BrN4O2S. The summed E-state index contributed by atoms with van der Waals surface area (Å²) < 4.78 is 2.94. The number of nitrogens with one attached hydrogen (secondary N) is 1. The number of imidazole rings is 1. The summed E-state index contributed by atoms with van der Waals surface area (Å²) in [6.45, 7) is 5.19. The van der Waals surface area contributed by atoms with Crippen LogP contribution >= 0.6 is 27.7 Å². The lowest BCUT2D eigenvalue weighted by atomic mass is 10.1. The molecule has 1 heterocycles. The van der Waals surface area contributed by atoms with Gasteiger partial charge in [0.25, 0.3) is 5.91 Å². The topological polar surface area (TPSA) is 67.2 Å². The molecule has 0 unspecified atom stereocenters. The first-order valence-corrected chi connectivity index (χ1v) is 11.4. The van der Waals surface area contributed by atoms with Gasteiger partial charge in [-0.3, -0.25) is 14.2 Å². The molecule has 156 valence electrons. The highest BCUT2D eigenvalue weighted by molar-refractivity contribution is 9.10. The molecule has 0 fully saturated rings. The van der Waals surface area contributed by atoms with Crippen LogP contribution in [0.1, 0.15) is 24.2 Å². The molecule has 0 bridgehead atoms. The summed E-state index contributed by atoms with van der Waals surface area (Å²) >= 11 is 4.79. The fourth-order valence-electron chi connectivity index (χ4n) is 2.95. The van der Waals surface area contributed by atoms with Gasteiger partial charge in [-0.1, -0.05) is 33.8 Å². The number of carbonyl (C=O) groups excluding carboxylic acids is 2. The largest absolute Gasteiger partial charge is 0.339 e. The number of rotatable bonds is 8. The molecule has 2 amide bonds. The number of anilines is 1. The van der Waals surface area contributed by atoms with Gasteiger partial charge in [0, 0.05) is 46.9 Å². The number of amides is 2. The third kappa shape index (κ3) is 5.52. The van der Waals surface area contributed by atoms with Crippen molar-refractivity contribution in [2.75, 3.05) is 24.2 Å². The van der Waals surface area contributed by atoms with Crippen LogP contribution in [0.2, 0.25) is 0 Å². The summed E-state index contributed by atoms with van der Waals surface area (Å²) in [7, 11) is 0. The molecule has 0 aliphatic carbocycles. The number of thioether (sulfide) groups is 1. The molecule has 0 saturated heterocycles. The molecule has 0 aliphatic heterocycles. The number of nitrogens with zero attached hydrogens (tertiary/aromatic N) is 3. The molecule has 0 saturated carbocycles. The van der Waals surface area contributed by atoms with Crippen LogP contribution in [0.25, 0.3) is 5.69 Å². The Hall–Kier alpha value is -2.58. The van der Waals surface area contributed by atoms with Crippen molar-refractivity contribution in [3.05, 3.63) is 71.0 Å². The van der Waals surface area contributed by atoms with E-state index in [4.69, 9.17) is 0 Å². The van der Waals surface area contributed by atoms with E-state index < -0.39 is 0 Å². The zero-order chi connectivity index (χ0) is 21.5. The minimum Gasteiger partial charge on any atom is -0.339 e. The quantitative estimate of drug-likeness (QED) is 0.462. The number of carbonyl (C=O) groups is 2. The van der Waals surface area contributed by atoms with Gasteiger partial charge in [-0.15, -0.1) is 0 Å². The maximum atomic E-state index is 12.5. The minimum atomic E-state index is -0.155. The molecule has 3 aromatic rings. The maximum absolute atomic E-state index is 12.5. The van der Waals surface area contributed by atoms with E-state index in [1.165, 1.54) is 11.8 Å². The third-order valence-electron chi connectivity index (χ3n) is 4.49. The highest BCUT2D eigenvalue weighted by atomic mass is 79.9. The van der Waals surface area contributed by atoms with E-state index in [1.807, 2.05) is 48.9 Å². The Morgan fingerprint density at radius 2 is 1.87 bits per heavy atom. The van der Waals surface area contributed by atoms with Crippen molar-refractivity contribution < 1.29 is 9.59 Å². The van der Waals surface area contributed by atoms with E-state index in [1.54, 1.807) is 35.4 Å². The van der Waals surface area contributed by atoms with Crippen molar-refractivity contribution in [2.24, 2.45) is 0 Å². The van der Waals surface area contributed by atoms with Crippen molar-refractivity contribution in [3.63, 3.8) is 0 Å². The Balaban J connectivity index is 1.62. The van der Waals surface area contributed by atoms with Crippen molar-refractivity contribution >= 4 is 45.2 Å². The van der Waals surface area contributed by atoms with E-state index in [9.17, 15) is 9.59 Å². The number of benzene rings is 2. The second-order valence-corrected chi connectivity index (χ2v) is 8.31. The first-order chi connectivity index (χ1) is 14.5. The Morgan fingerprint density at radius 3 is 2.57 bits per heavy atom. The zero-order valence-electron chi connectivity index (χ0n) is 16.8. The van der Waals surface area contributed by atoms with Crippen LogP contribution in [0.3, 0.4) is 0 Å². The lowest BCUT2D eigenvalue weighted by molar-refractivity contribution is -0.113. The number of halogens is 1. The first-order valence-electron chi connectivity index (χ1n) is 9.63. The summed E-state index contributed by atoms with van der Waals surface area (Å²) in [5.74, 6) is 0.0154. The summed E-state index contributed by atoms with van der Waals surface area (Å²) in [6.07, 6.45) is 3.58. The van der Waals surface area contributed by atoms with E-state index in [-0.39, 0.29) is 17.6 Å². The molecule has 3 rings (SSSR count). The SMILES string of the molecule is CCN(CC)C(=O)c1cccc(NC(=O)CSc2nccn2-c2ccc(Br)cc2)c1. The lowest BCUT2D eigenvalue weighted by Crippen LogP contribution is -2.30. The lowest BCUT2D eigenvalue weighted by Gasteiger charge is -2.19. The van der Waals surface area contributed by atoms with Crippen LogP contribution < -0.4 is 5.32 Å². The second-order valence-electron chi connectivity index (χ2n) is 6.45. The zero-order valence-corrected chi connectivity index (χ0v) is 19.2. The molecule has 1 N–H and O–H groups in total. The van der Waals surface area contributed by atoms with Gasteiger partial charge in [0.2, 0.25) is 5.91 Å². The predicted molar refractivity (Wildman–Crippen MR) is 124 cm³/mol. The van der Waals surface area contributed by atoms with Crippen molar-refractivity contribution in [3.8, 4) is 5.69 Å². The molecule has 0 aliphatic rings. The van der Waals surface area contributed by atoms with E-state index in [2.05, 4.69) is 26.2 Å². The van der Waals surface area contributed by atoms with Gasteiger partial charge < -0.3 is 10.2 Å². The molecule has 2 aromatic carbocycles. The van der Waals surface area contributed by atoms with Gasteiger partial charge in [0.15, 0.2) is 5.16 Å². The monoisotopic (exact) mass is 486 g/mol. The van der Waals surface area contributed by atoms with Gasteiger partial charge >= 0.3 is 0 Å². The van der Waals surface area contributed by atoms with E-state index in [0.717, 1.165) is 15.3 Å². The Kier molecular flexibility index (Phi) is 7.70. The standard InChI is InChI=1S/C22H23BrN4O2S/c1-3-26(4-2)21(29)16-6-5-7-18(14-16)25-20(28)15-30-22-24-12-13-27(22)19-10-8-17(23)9-11-19/h5-14H,3-4,15H2,1-2H3,(H,25,28). The van der Waals surface area contributed by atoms with Crippen LogP contribution in [-0.2, 0) is 4.79 Å². The van der Waals surface area contributed by atoms with Crippen LogP contribution in [0.5, 0.6) is 0 Å². The first kappa shape index (κ1) is 22.1. The van der Waals surface area contributed by atoms with Crippen molar-refractivity contribution in [1.82, 2.24) is 14.5 Å². The van der Waals surface area contributed by atoms with Gasteiger partial charge in [-0.05, 0) is 56.3 Å². The molecule has 1 aromatic heterocycles. The molecule has 8 heteroatoms. The second kappa shape index (κ2) is 10.4. The van der Waals surface area contributed by atoms with Crippen molar-refractivity contribution in [1.29, 1.82) is 0 Å². The van der Waals surface area contributed by atoms with Gasteiger partial charge in [0.05, 0.1) is 5.75 Å². The molecule has 6 nitrogen and oxygen atoms in total. The Labute approximate surface area is 188 Å². The van der Waals surface area contributed by atoms with Gasteiger partial charge in [-0.2, -0.15) is 0 Å². The summed E-state index contributed by atoms with van der Waals surface area (Å²) in [4.78, 5) is 31.1. The minimum absolute atomic E-state index is 0.0398. The van der Waals surface area contributed by atoms with Crippen LogP contribution in [0.4, 0.5) is 5.69 Å². The molecule has 0 spiro atoms. The summed E-state index contributed by atoms with van der Waals surface area (Å²) in [5.41, 5.74) is 2.14. The molecule has 0 atom stereocenters. The van der Waals surface area contributed by atoms with Crippen LogP contribution in [-0.4, -0.2) is 45.1 Å². The highest BCUT2D eigenvalue weighted by Crippen LogP contribution is 2.22. The van der Waals surface area contributed by atoms with E-state index >= 15 is 0 Å². The smallest absolute Gasteiger partial charge is 0.253 e. The fraction of sp³-hybridized carbons (Fsp3) is 0.227. The maximum Gasteiger partial charge on any atom is 0.253 e. The number of hydrogen-bond acceptors (Lipinski definition) is 4.